The summed E-state index contributed by atoms with van der Waals surface area (Å²) in [6.07, 6.45) is 4.11. The topological polar surface area (TPSA) is 15.3 Å². The van der Waals surface area contributed by atoms with Crippen molar-refractivity contribution in [1.82, 2.24) is 10.2 Å². The normalized spacial score (nSPS) is 29.4. The summed E-state index contributed by atoms with van der Waals surface area (Å²) in [6, 6.07) is 12.4. The van der Waals surface area contributed by atoms with Crippen molar-refractivity contribution in [2.75, 3.05) is 13.1 Å². The molecular formula is C16H24N2. The Morgan fingerprint density at radius 3 is 2.61 bits per heavy atom. The fourth-order valence-electron chi connectivity index (χ4n) is 3.02. The van der Waals surface area contributed by atoms with Gasteiger partial charge in [-0.3, -0.25) is 4.90 Å². The highest BCUT2D eigenvalue weighted by Crippen LogP contribution is 2.25. The Kier molecular flexibility index (Phi) is 3.67. The van der Waals surface area contributed by atoms with Crippen molar-refractivity contribution in [3.63, 3.8) is 0 Å². The highest BCUT2D eigenvalue weighted by molar-refractivity contribution is 5.14. The van der Waals surface area contributed by atoms with E-state index in [1.807, 2.05) is 0 Å². The minimum Gasteiger partial charge on any atom is -0.311 e. The van der Waals surface area contributed by atoms with E-state index in [9.17, 15) is 0 Å². The van der Waals surface area contributed by atoms with Crippen LogP contribution in [0.15, 0.2) is 30.3 Å². The molecule has 2 aliphatic rings. The maximum absolute atomic E-state index is 3.80. The first-order valence-electron chi connectivity index (χ1n) is 7.33. The fraction of sp³-hybridized carbons (Fsp3) is 0.625. The lowest BCUT2D eigenvalue weighted by atomic mass is 9.93. The van der Waals surface area contributed by atoms with Gasteiger partial charge in [0.1, 0.15) is 0 Å². The van der Waals surface area contributed by atoms with Crippen LogP contribution >= 0.6 is 0 Å². The van der Waals surface area contributed by atoms with Crippen LogP contribution in [-0.2, 0) is 6.54 Å². The smallest absolute Gasteiger partial charge is 0.0233 e. The Labute approximate surface area is 110 Å². The van der Waals surface area contributed by atoms with Crippen LogP contribution in [0.3, 0.4) is 0 Å². The number of piperidine rings is 1. The number of benzene rings is 1. The first-order chi connectivity index (χ1) is 8.81. The molecular weight excluding hydrogens is 220 g/mol. The van der Waals surface area contributed by atoms with Crippen molar-refractivity contribution in [2.45, 2.75) is 44.8 Å². The molecule has 98 valence electrons. The minimum atomic E-state index is 0.754. The Balaban J connectivity index is 1.51. The van der Waals surface area contributed by atoms with Crippen LogP contribution in [0.4, 0.5) is 0 Å². The number of hydrogen-bond donors (Lipinski definition) is 1. The van der Waals surface area contributed by atoms with Gasteiger partial charge in [-0.15, -0.1) is 0 Å². The van der Waals surface area contributed by atoms with Crippen LogP contribution in [-0.4, -0.2) is 30.1 Å². The molecule has 0 amide bonds. The van der Waals surface area contributed by atoms with Crippen molar-refractivity contribution < 1.29 is 0 Å². The molecule has 1 heterocycles. The summed E-state index contributed by atoms with van der Waals surface area (Å²) < 4.78 is 0. The Bertz CT molecular complexity index is 372. The second-order valence-electron chi connectivity index (χ2n) is 6.03. The van der Waals surface area contributed by atoms with Gasteiger partial charge in [-0.2, -0.15) is 0 Å². The van der Waals surface area contributed by atoms with Crippen molar-refractivity contribution in [3.8, 4) is 0 Å². The lowest BCUT2D eigenvalue weighted by molar-refractivity contribution is 0.140. The Hall–Kier alpha value is -0.860. The van der Waals surface area contributed by atoms with Crippen LogP contribution in [0.1, 0.15) is 31.7 Å². The zero-order valence-electron chi connectivity index (χ0n) is 11.3. The maximum Gasteiger partial charge on any atom is 0.0233 e. The average Bonchev–Trinajstić information content (AvgIpc) is 3.18. The van der Waals surface area contributed by atoms with Crippen molar-refractivity contribution in [2.24, 2.45) is 5.92 Å². The van der Waals surface area contributed by atoms with Crippen LogP contribution in [0.5, 0.6) is 0 Å². The second-order valence-corrected chi connectivity index (χ2v) is 6.03. The minimum absolute atomic E-state index is 0.754. The van der Waals surface area contributed by atoms with E-state index < -0.39 is 0 Å². The third-order valence-electron chi connectivity index (χ3n) is 4.27. The summed E-state index contributed by atoms with van der Waals surface area (Å²) >= 11 is 0. The number of nitrogens with zero attached hydrogens (tertiary/aromatic N) is 1. The summed E-state index contributed by atoms with van der Waals surface area (Å²) in [5.74, 6) is 0.781. The molecule has 1 aromatic carbocycles. The molecule has 0 unspecified atom stereocenters. The molecule has 0 radical (unpaired) electrons. The molecule has 18 heavy (non-hydrogen) atoms. The Morgan fingerprint density at radius 2 is 1.94 bits per heavy atom. The predicted octanol–water partition coefficient (Wildman–Crippen LogP) is 2.65. The van der Waals surface area contributed by atoms with Gasteiger partial charge >= 0.3 is 0 Å². The van der Waals surface area contributed by atoms with Gasteiger partial charge in [0.2, 0.25) is 0 Å². The first-order valence-corrected chi connectivity index (χ1v) is 7.33. The van der Waals surface area contributed by atoms with E-state index in [-0.39, 0.29) is 0 Å². The van der Waals surface area contributed by atoms with Crippen molar-refractivity contribution >= 4 is 0 Å². The van der Waals surface area contributed by atoms with E-state index in [4.69, 9.17) is 0 Å². The third kappa shape index (κ3) is 3.12. The van der Waals surface area contributed by atoms with Crippen LogP contribution < -0.4 is 5.32 Å². The quantitative estimate of drug-likeness (QED) is 0.876. The molecule has 3 rings (SSSR count). The standard InChI is InChI=1S/C16H24N2/c1-13-11-18(12-14-5-3-2-4-6-14)10-9-16(13)17-15-7-8-15/h2-6,13,15-17H,7-12H2,1H3/t13-,16+/m1/s1. The first kappa shape index (κ1) is 12.2. The molecule has 1 aliphatic carbocycles. The molecule has 2 atom stereocenters. The third-order valence-corrected chi connectivity index (χ3v) is 4.27. The van der Waals surface area contributed by atoms with E-state index in [2.05, 4.69) is 47.5 Å². The second kappa shape index (κ2) is 5.41. The summed E-state index contributed by atoms with van der Waals surface area (Å²) in [5.41, 5.74) is 1.44. The lowest BCUT2D eigenvalue weighted by Gasteiger charge is -2.37. The molecule has 1 saturated heterocycles. The fourth-order valence-corrected chi connectivity index (χ4v) is 3.02. The average molecular weight is 244 g/mol. The highest BCUT2D eigenvalue weighted by atomic mass is 15.2. The van der Waals surface area contributed by atoms with Gasteiger partial charge < -0.3 is 5.32 Å². The number of hydrogen-bond acceptors (Lipinski definition) is 2. The van der Waals surface area contributed by atoms with Gasteiger partial charge in [0.15, 0.2) is 0 Å². The molecule has 2 heteroatoms. The molecule has 2 fully saturated rings. The van der Waals surface area contributed by atoms with Gasteiger partial charge in [0, 0.05) is 25.2 Å². The number of likely N-dealkylation sites (tertiary alicyclic amines) is 1. The Morgan fingerprint density at radius 1 is 1.17 bits per heavy atom. The predicted molar refractivity (Wildman–Crippen MR) is 75.4 cm³/mol. The molecule has 0 bridgehead atoms. The molecule has 1 saturated carbocycles. The van der Waals surface area contributed by atoms with E-state index in [0.717, 1.165) is 24.5 Å². The molecule has 1 N–H and O–H groups in total. The van der Waals surface area contributed by atoms with Crippen LogP contribution in [0.2, 0.25) is 0 Å². The van der Waals surface area contributed by atoms with Crippen LogP contribution in [0.25, 0.3) is 0 Å². The largest absolute Gasteiger partial charge is 0.311 e. The zero-order valence-corrected chi connectivity index (χ0v) is 11.3. The van der Waals surface area contributed by atoms with Gasteiger partial charge in [0.05, 0.1) is 0 Å². The molecule has 1 aromatic rings. The van der Waals surface area contributed by atoms with Gasteiger partial charge in [0.25, 0.3) is 0 Å². The van der Waals surface area contributed by atoms with E-state index in [1.54, 1.807) is 0 Å². The van der Waals surface area contributed by atoms with E-state index in [1.165, 1.54) is 37.9 Å². The van der Waals surface area contributed by atoms with Gasteiger partial charge in [-0.1, -0.05) is 37.3 Å². The summed E-state index contributed by atoms with van der Waals surface area (Å²) in [5, 5.41) is 3.80. The van der Waals surface area contributed by atoms with Gasteiger partial charge in [-0.25, -0.2) is 0 Å². The van der Waals surface area contributed by atoms with E-state index >= 15 is 0 Å². The highest BCUT2D eigenvalue weighted by Gasteiger charge is 2.31. The molecule has 2 nitrogen and oxygen atoms in total. The molecule has 0 aromatic heterocycles. The van der Waals surface area contributed by atoms with Crippen molar-refractivity contribution in [3.05, 3.63) is 35.9 Å². The number of rotatable bonds is 4. The summed E-state index contributed by atoms with van der Waals surface area (Å²) in [6.45, 7) is 5.99. The molecule has 0 spiro atoms. The SMILES string of the molecule is C[C@@H]1CN(Cc2ccccc2)CC[C@@H]1NC1CC1. The summed E-state index contributed by atoms with van der Waals surface area (Å²) in [4.78, 5) is 2.60. The monoisotopic (exact) mass is 244 g/mol. The van der Waals surface area contributed by atoms with E-state index in [0.29, 0.717) is 0 Å². The maximum atomic E-state index is 3.80. The molecule has 1 aliphatic heterocycles. The van der Waals surface area contributed by atoms with Gasteiger partial charge in [-0.05, 0) is 37.3 Å². The summed E-state index contributed by atoms with van der Waals surface area (Å²) in [7, 11) is 0. The van der Waals surface area contributed by atoms with Crippen LogP contribution in [0, 0.1) is 5.92 Å². The number of nitrogens with one attached hydrogen (secondary N) is 1. The lowest BCUT2D eigenvalue weighted by Crippen LogP contribution is -2.48. The van der Waals surface area contributed by atoms with Crippen molar-refractivity contribution in [1.29, 1.82) is 0 Å². The zero-order chi connectivity index (χ0) is 12.4.